The SMILES string of the molecule is CCOc1cccc(C(=O)N2CCCC[C@H]2c2cccnc2)c1. The van der Waals surface area contributed by atoms with Crippen LogP contribution in [0.25, 0.3) is 0 Å². The van der Waals surface area contributed by atoms with Crippen molar-refractivity contribution in [3.05, 3.63) is 59.9 Å². The quantitative estimate of drug-likeness (QED) is 0.861. The Hall–Kier alpha value is -2.36. The van der Waals surface area contributed by atoms with Gasteiger partial charge >= 0.3 is 0 Å². The molecule has 1 aliphatic heterocycles. The lowest BCUT2D eigenvalue weighted by Crippen LogP contribution is -2.38. The van der Waals surface area contributed by atoms with E-state index in [2.05, 4.69) is 11.1 Å². The van der Waals surface area contributed by atoms with Crippen molar-refractivity contribution in [1.29, 1.82) is 0 Å². The molecule has 0 bridgehead atoms. The first-order valence-corrected chi connectivity index (χ1v) is 8.23. The second-order valence-electron chi connectivity index (χ2n) is 5.76. The molecular weight excluding hydrogens is 288 g/mol. The second-order valence-corrected chi connectivity index (χ2v) is 5.76. The van der Waals surface area contributed by atoms with Crippen LogP contribution in [0.4, 0.5) is 0 Å². The number of aromatic nitrogens is 1. The van der Waals surface area contributed by atoms with Gasteiger partial charge in [-0.3, -0.25) is 9.78 Å². The number of carbonyl (C=O) groups is 1. The number of likely N-dealkylation sites (tertiary alicyclic amines) is 1. The third-order valence-corrected chi connectivity index (χ3v) is 4.22. The van der Waals surface area contributed by atoms with Gasteiger partial charge in [0.2, 0.25) is 0 Å². The minimum absolute atomic E-state index is 0.0695. The summed E-state index contributed by atoms with van der Waals surface area (Å²) in [5.74, 6) is 0.813. The zero-order valence-electron chi connectivity index (χ0n) is 13.4. The van der Waals surface area contributed by atoms with Gasteiger partial charge in [0.05, 0.1) is 12.6 Å². The van der Waals surface area contributed by atoms with Crippen molar-refractivity contribution in [3.8, 4) is 5.75 Å². The van der Waals surface area contributed by atoms with Crippen LogP contribution < -0.4 is 4.74 Å². The molecule has 0 spiro atoms. The molecule has 4 heteroatoms. The lowest BCUT2D eigenvalue weighted by atomic mass is 9.95. The number of rotatable bonds is 4. The van der Waals surface area contributed by atoms with E-state index >= 15 is 0 Å². The van der Waals surface area contributed by atoms with Crippen LogP contribution in [0, 0.1) is 0 Å². The summed E-state index contributed by atoms with van der Waals surface area (Å²) in [6.45, 7) is 3.33. The molecule has 1 aromatic carbocycles. The highest BCUT2D eigenvalue weighted by Crippen LogP contribution is 2.32. The standard InChI is InChI=1S/C19H22N2O2/c1-2-23-17-9-5-7-15(13-17)19(22)21-12-4-3-10-18(21)16-8-6-11-20-14-16/h5-9,11,13-14,18H,2-4,10,12H2,1H3/t18-/m0/s1. The maximum Gasteiger partial charge on any atom is 0.254 e. The Labute approximate surface area is 137 Å². The van der Waals surface area contributed by atoms with E-state index in [1.165, 1.54) is 0 Å². The summed E-state index contributed by atoms with van der Waals surface area (Å²) in [4.78, 5) is 19.2. The average Bonchev–Trinajstić information content (AvgIpc) is 2.62. The normalized spacial score (nSPS) is 17.8. The van der Waals surface area contributed by atoms with Gasteiger partial charge in [-0.1, -0.05) is 12.1 Å². The van der Waals surface area contributed by atoms with Gasteiger partial charge in [0.15, 0.2) is 0 Å². The van der Waals surface area contributed by atoms with Gasteiger partial charge < -0.3 is 9.64 Å². The highest BCUT2D eigenvalue weighted by molar-refractivity contribution is 5.95. The summed E-state index contributed by atoms with van der Waals surface area (Å²) in [7, 11) is 0. The molecular formula is C19H22N2O2. The van der Waals surface area contributed by atoms with Gasteiger partial charge in [0.25, 0.3) is 5.91 Å². The second kappa shape index (κ2) is 7.27. The molecule has 4 nitrogen and oxygen atoms in total. The van der Waals surface area contributed by atoms with Crippen LogP contribution in [-0.2, 0) is 0 Å². The topological polar surface area (TPSA) is 42.4 Å². The number of benzene rings is 1. The fourth-order valence-corrected chi connectivity index (χ4v) is 3.15. The van der Waals surface area contributed by atoms with Crippen LogP contribution in [0.2, 0.25) is 0 Å². The van der Waals surface area contributed by atoms with Gasteiger partial charge in [0, 0.05) is 24.5 Å². The predicted molar refractivity (Wildman–Crippen MR) is 89.5 cm³/mol. The zero-order chi connectivity index (χ0) is 16.1. The third kappa shape index (κ3) is 3.52. The average molecular weight is 310 g/mol. The van der Waals surface area contributed by atoms with E-state index in [0.717, 1.165) is 37.1 Å². The first-order chi connectivity index (χ1) is 11.3. The van der Waals surface area contributed by atoms with Crippen LogP contribution in [0.3, 0.4) is 0 Å². The van der Waals surface area contributed by atoms with E-state index < -0.39 is 0 Å². The van der Waals surface area contributed by atoms with Crippen molar-refractivity contribution in [3.63, 3.8) is 0 Å². The lowest BCUT2D eigenvalue weighted by Gasteiger charge is -2.36. The van der Waals surface area contributed by atoms with Crippen LogP contribution in [0.5, 0.6) is 5.75 Å². The Morgan fingerprint density at radius 1 is 1.30 bits per heavy atom. The van der Waals surface area contributed by atoms with Gasteiger partial charge in [0.1, 0.15) is 5.75 Å². The van der Waals surface area contributed by atoms with E-state index in [0.29, 0.717) is 12.2 Å². The number of hydrogen-bond acceptors (Lipinski definition) is 3. The molecule has 0 radical (unpaired) electrons. The summed E-state index contributed by atoms with van der Waals surface area (Å²) in [6, 6.07) is 11.6. The van der Waals surface area contributed by atoms with Crippen molar-refractivity contribution in [2.24, 2.45) is 0 Å². The first kappa shape index (κ1) is 15.5. The van der Waals surface area contributed by atoms with E-state index in [1.54, 1.807) is 6.20 Å². The fourth-order valence-electron chi connectivity index (χ4n) is 3.15. The van der Waals surface area contributed by atoms with Crippen molar-refractivity contribution < 1.29 is 9.53 Å². The molecule has 1 amide bonds. The van der Waals surface area contributed by atoms with Crippen molar-refractivity contribution >= 4 is 5.91 Å². The van der Waals surface area contributed by atoms with Crippen LogP contribution in [0.1, 0.15) is 48.1 Å². The van der Waals surface area contributed by atoms with Crippen LogP contribution in [-0.4, -0.2) is 28.9 Å². The molecule has 1 aliphatic rings. The third-order valence-electron chi connectivity index (χ3n) is 4.22. The maximum atomic E-state index is 13.0. The summed E-state index contributed by atoms with van der Waals surface area (Å²) in [5.41, 5.74) is 1.80. The monoisotopic (exact) mass is 310 g/mol. The van der Waals surface area contributed by atoms with Crippen molar-refractivity contribution in [2.45, 2.75) is 32.2 Å². The first-order valence-electron chi connectivity index (χ1n) is 8.23. The van der Waals surface area contributed by atoms with Crippen molar-refractivity contribution in [1.82, 2.24) is 9.88 Å². The molecule has 120 valence electrons. The molecule has 0 aliphatic carbocycles. The van der Waals surface area contributed by atoms with Crippen LogP contribution in [0.15, 0.2) is 48.8 Å². The molecule has 1 fully saturated rings. The molecule has 0 saturated carbocycles. The van der Waals surface area contributed by atoms with E-state index in [-0.39, 0.29) is 11.9 Å². The number of carbonyl (C=O) groups excluding carboxylic acids is 1. The van der Waals surface area contributed by atoms with Crippen LogP contribution >= 0.6 is 0 Å². The lowest BCUT2D eigenvalue weighted by molar-refractivity contribution is 0.0610. The number of pyridine rings is 1. The molecule has 0 N–H and O–H groups in total. The highest BCUT2D eigenvalue weighted by Gasteiger charge is 2.28. The van der Waals surface area contributed by atoms with E-state index in [4.69, 9.17) is 4.74 Å². The Bertz CT molecular complexity index is 657. The number of amides is 1. The van der Waals surface area contributed by atoms with Gasteiger partial charge in [-0.2, -0.15) is 0 Å². The minimum Gasteiger partial charge on any atom is -0.494 e. The fraction of sp³-hybridized carbons (Fsp3) is 0.368. The Morgan fingerprint density at radius 3 is 3.00 bits per heavy atom. The molecule has 1 aromatic heterocycles. The summed E-state index contributed by atoms with van der Waals surface area (Å²) in [5, 5.41) is 0. The molecule has 1 saturated heterocycles. The molecule has 3 rings (SSSR count). The largest absolute Gasteiger partial charge is 0.494 e. The highest BCUT2D eigenvalue weighted by atomic mass is 16.5. The zero-order valence-corrected chi connectivity index (χ0v) is 13.4. The number of nitrogens with zero attached hydrogens (tertiary/aromatic N) is 2. The number of piperidine rings is 1. The summed E-state index contributed by atoms with van der Waals surface area (Å²) < 4.78 is 5.51. The molecule has 1 atom stereocenters. The Kier molecular flexibility index (Phi) is 4.91. The number of hydrogen-bond donors (Lipinski definition) is 0. The molecule has 2 heterocycles. The smallest absolute Gasteiger partial charge is 0.254 e. The van der Waals surface area contributed by atoms with E-state index in [9.17, 15) is 4.79 Å². The van der Waals surface area contributed by atoms with E-state index in [1.807, 2.05) is 48.4 Å². The van der Waals surface area contributed by atoms with Gasteiger partial charge in [-0.15, -0.1) is 0 Å². The number of ether oxygens (including phenoxy) is 1. The van der Waals surface area contributed by atoms with Gasteiger partial charge in [-0.25, -0.2) is 0 Å². The Balaban J connectivity index is 1.85. The maximum absolute atomic E-state index is 13.0. The van der Waals surface area contributed by atoms with Crippen molar-refractivity contribution in [2.75, 3.05) is 13.2 Å². The molecule has 23 heavy (non-hydrogen) atoms. The summed E-state index contributed by atoms with van der Waals surface area (Å²) in [6.07, 6.45) is 6.81. The molecule has 0 unspecified atom stereocenters. The minimum atomic E-state index is 0.0695. The predicted octanol–water partition coefficient (Wildman–Crippen LogP) is 3.85. The summed E-state index contributed by atoms with van der Waals surface area (Å²) >= 11 is 0. The molecule has 2 aromatic rings. The Morgan fingerprint density at radius 2 is 2.22 bits per heavy atom. The van der Waals surface area contributed by atoms with Gasteiger partial charge in [-0.05, 0) is 56.0 Å².